The molecule has 2 aliphatic rings. The molecule has 3 aromatic rings. The van der Waals surface area contributed by atoms with Gasteiger partial charge in [-0.05, 0) is 30.7 Å². The molecule has 164 valence electrons. The van der Waals surface area contributed by atoms with Gasteiger partial charge in [-0.1, -0.05) is 30.3 Å². The summed E-state index contributed by atoms with van der Waals surface area (Å²) in [7, 11) is 0. The van der Waals surface area contributed by atoms with Crippen molar-refractivity contribution in [3.05, 3.63) is 59.1 Å². The van der Waals surface area contributed by atoms with E-state index in [4.69, 9.17) is 10.5 Å². The smallest absolute Gasteiger partial charge is 0.280 e. The predicted octanol–water partition coefficient (Wildman–Crippen LogP) is 2.25. The number of carbonyl (C=O) groups is 3. The molecule has 3 N–H and O–H groups in total. The number of carbonyl (C=O) groups excluding carboxylic acids is 3. The molecule has 0 spiro atoms. The van der Waals surface area contributed by atoms with Gasteiger partial charge in [0.25, 0.3) is 5.91 Å². The molecule has 8 nitrogen and oxygen atoms in total. The lowest BCUT2D eigenvalue weighted by Crippen LogP contribution is -2.65. The zero-order valence-corrected chi connectivity index (χ0v) is 18.2. The first-order valence-corrected chi connectivity index (χ1v) is 11.2. The maximum atomic E-state index is 13.3. The van der Waals surface area contributed by atoms with E-state index >= 15 is 0 Å². The Balaban J connectivity index is 1.34. The van der Waals surface area contributed by atoms with Crippen LogP contribution in [0.5, 0.6) is 5.75 Å². The van der Waals surface area contributed by atoms with E-state index in [0.717, 1.165) is 15.8 Å². The number of nitrogens with two attached hydrogens (primary N) is 1. The number of primary amides is 1. The third-order valence-corrected chi connectivity index (χ3v) is 7.20. The quantitative estimate of drug-likeness (QED) is 0.579. The molecule has 2 aliphatic heterocycles. The summed E-state index contributed by atoms with van der Waals surface area (Å²) in [5.41, 5.74) is 6.31. The summed E-state index contributed by atoms with van der Waals surface area (Å²) in [5, 5.41) is 3.19. The number of fused-ring (bicyclic) bond motifs is 5. The lowest BCUT2D eigenvalue weighted by molar-refractivity contribution is -0.175. The van der Waals surface area contributed by atoms with Gasteiger partial charge < -0.3 is 20.7 Å². The normalized spacial score (nSPS) is 24.0. The molecule has 0 unspecified atom stereocenters. The molecule has 3 heterocycles. The minimum Gasteiger partial charge on any atom is -0.468 e. The second-order valence-electron chi connectivity index (χ2n) is 8.24. The van der Waals surface area contributed by atoms with Crippen molar-refractivity contribution in [2.45, 2.75) is 25.0 Å². The number of ether oxygens (including phenoxy) is 1. The second-order valence-corrected chi connectivity index (χ2v) is 9.27. The summed E-state index contributed by atoms with van der Waals surface area (Å²) >= 11 is 1.31. The van der Waals surface area contributed by atoms with Gasteiger partial charge in [0.05, 0.1) is 10.2 Å². The van der Waals surface area contributed by atoms with Gasteiger partial charge in [0, 0.05) is 25.4 Å². The van der Waals surface area contributed by atoms with Crippen molar-refractivity contribution >= 4 is 39.3 Å². The molecule has 2 bridgehead atoms. The van der Waals surface area contributed by atoms with E-state index in [1.165, 1.54) is 16.2 Å². The number of para-hydroxylation sites is 2. The van der Waals surface area contributed by atoms with Crippen LogP contribution in [0.15, 0.2) is 48.5 Å². The lowest BCUT2D eigenvalue weighted by Gasteiger charge is -2.52. The lowest BCUT2D eigenvalue weighted by atomic mass is 9.73. The average Bonchev–Trinajstić information content (AvgIpc) is 3.20. The van der Waals surface area contributed by atoms with Crippen molar-refractivity contribution in [2.24, 2.45) is 11.7 Å². The zero-order valence-electron chi connectivity index (χ0n) is 17.4. The third-order valence-electron chi connectivity index (χ3n) is 6.17. The summed E-state index contributed by atoms with van der Waals surface area (Å²) < 4.78 is 7.14. The van der Waals surface area contributed by atoms with Crippen LogP contribution < -0.4 is 15.8 Å². The molecular weight excluding hydrogens is 428 g/mol. The van der Waals surface area contributed by atoms with Gasteiger partial charge >= 0.3 is 0 Å². The Labute approximate surface area is 188 Å². The summed E-state index contributed by atoms with van der Waals surface area (Å²) in [6, 6.07) is 15.0. The molecule has 3 amide bonds. The van der Waals surface area contributed by atoms with E-state index in [0.29, 0.717) is 17.2 Å². The first-order chi connectivity index (χ1) is 15.4. The van der Waals surface area contributed by atoms with Crippen molar-refractivity contribution in [2.75, 3.05) is 13.1 Å². The molecule has 32 heavy (non-hydrogen) atoms. The fourth-order valence-electron chi connectivity index (χ4n) is 4.71. The molecule has 1 saturated heterocycles. The van der Waals surface area contributed by atoms with Gasteiger partial charge in [0.15, 0.2) is 10.7 Å². The van der Waals surface area contributed by atoms with Crippen LogP contribution in [0, 0.1) is 5.92 Å². The topological polar surface area (TPSA) is 115 Å². The van der Waals surface area contributed by atoms with E-state index in [1.54, 1.807) is 0 Å². The maximum Gasteiger partial charge on any atom is 0.280 e. The number of hydrogen-bond donors (Lipinski definition) is 2. The zero-order chi connectivity index (χ0) is 22.5. The predicted molar refractivity (Wildman–Crippen MR) is 119 cm³/mol. The number of nitrogens with one attached hydrogen (secondary N) is 1. The number of rotatable bonds is 5. The van der Waals surface area contributed by atoms with E-state index in [-0.39, 0.29) is 30.8 Å². The van der Waals surface area contributed by atoms with Gasteiger partial charge in [-0.3, -0.25) is 14.4 Å². The van der Waals surface area contributed by atoms with Crippen LogP contribution in [-0.4, -0.2) is 46.4 Å². The molecule has 9 heteroatoms. The number of likely N-dealkylation sites (tertiary alicyclic amines) is 1. The average molecular weight is 451 g/mol. The van der Waals surface area contributed by atoms with E-state index in [9.17, 15) is 14.4 Å². The monoisotopic (exact) mass is 450 g/mol. The van der Waals surface area contributed by atoms with Crippen molar-refractivity contribution in [1.29, 1.82) is 0 Å². The van der Waals surface area contributed by atoms with Crippen LogP contribution in [0.25, 0.3) is 10.2 Å². The molecule has 2 aromatic carbocycles. The van der Waals surface area contributed by atoms with Crippen molar-refractivity contribution in [3.63, 3.8) is 0 Å². The van der Waals surface area contributed by atoms with Crippen LogP contribution in [0.3, 0.4) is 0 Å². The van der Waals surface area contributed by atoms with Crippen molar-refractivity contribution in [1.82, 2.24) is 15.2 Å². The highest BCUT2D eigenvalue weighted by atomic mass is 32.1. The number of amides is 3. The van der Waals surface area contributed by atoms with Gasteiger partial charge in [0.2, 0.25) is 11.8 Å². The Bertz CT molecular complexity index is 1210. The highest BCUT2D eigenvalue weighted by molar-refractivity contribution is 7.20. The minimum atomic E-state index is -0.965. The number of nitrogens with zero attached hydrogens (tertiary/aromatic N) is 2. The number of aromatic nitrogens is 1. The Hall–Kier alpha value is -3.46. The molecule has 0 aliphatic carbocycles. The highest BCUT2D eigenvalue weighted by Gasteiger charge is 2.55. The summed E-state index contributed by atoms with van der Waals surface area (Å²) in [6.07, 6.45) is 0.454. The van der Waals surface area contributed by atoms with E-state index in [2.05, 4.69) is 10.3 Å². The largest absolute Gasteiger partial charge is 0.468 e. The van der Waals surface area contributed by atoms with Crippen molar-refractivity contribution < 1.29 is 19.1 Å². The summed E-state index contributed by atoms with van der Waals surface area (Å²) in [4.78, 5) is 44.0. The van der Waals surface area contributed by atoms with Crippen LogP contribution >= 0.6 is 11.3 Å². The molecule has 0 radical (unpaired) electrons. The molecule has 1 aromatic heterocycles. The molecule has 5 rings (SSSR count). The van der Waals surface area contributed by atoms with E-state index < -0.39 is 17.6 Å². The van der Waals surface area contributed by atoms with Gasteiger partial charge in [-0.2, -0.15) is 0 Å². The van der Waals surface area contributed by atoms with Gasteiger partial charge in [0.1, 0.15) is 11.7 Å². The Morgan fingerprint density at radius 2 is 2.00 bits per heavy atom. The number of piperidine rings is 1. The Kier molecular flexibility index (Phi) is 4.85. The fourth-order valence-corrected chi connectivity index (χ4v) is 5.59. The van der Waals surface area contributed by atoms with Crippen molar-refractivity contribution in [3.8, 4) is 5.75 Å². The molecule has 3 atom stereocenters. The van der Waals surface area contributed by atoms with Crippen LogP contribution in [0.1, 0.15) is 34.6 Å². The molecule has 1 fully saturated rings. The Morgan fingerprint density at radius 3 is 2.78 bits per heavy atom. The first kappa shape index (κ1) is 20.4. The SMILES string of the molecule is C[C@@]12C[C@@H](c3ccccc3O1)[C@@H](C(N)=O)C(=O)N2CCNC(=O)c1nc2ccccc2s1. The third kappa shape index (κ3) is 3.29. The first-order valence-electron chi connectivity index (χ1n) is 10.4. The van der Waals surface area contributed by atoms with E-state index in [1.807, 2.05) is 55.5 Å². The van der Waals surface area contributed by atoms with Crippen LogP contribution in [-0.2, 0) is 9.59 Å². The van der Waals surface area contributed by atoms with Crippen LogP contribution in [0.2, 0.25) is 0 Å². The molecular formula is C23H22N4O4S. The minimum absolute atomic E-state index is 0.185. The second kappa shape index (κ2) is 7.59. The summed E-state index contributed by atoms with van der Waals surface area (Å²) in [6.45, 7) is 2.21. The fraction of sp³-hybridized carbons (Fsp3) is 0.304. The van der Waals surface area contributed by atoms with Gasteiger partial charge in [-0.25, -0.2) is 4.98 Å². The number of benzene rings is 2. The number of thiazole rings is 1. The number of hydrogen-bond acceptors (Lipinski definition) is 6. The maximum absolute atomic E-state index is 13.3. The van der Waals surface area contributed by atoms with Gasteiger partial charge in [-0.15, -0.1) is 11.3 Å². The standard InChI is InChI=1S/C23H22N4O4S/c1-23-12-14(13-6-2-4-8-16(13)31-23)18(19(24)28)22(30)27(23)11-10-25-20(29)21-26-15-7-3-5-9-17(15)32-21/h2-9,14,18H,10-12H2,1H3,(H2,24,28)(H,25,29)/t14-,18-,23-/m0/s1. The Morgan fingerprint density at radius 1 is 1.25 bits per heavy atom. The molecule has 0 saturated carbocycles. The summed E-state index contributed by atoms with van der Waals surface area (Å²) in [5.74, 6) is -1.98. The highest BCUT2D eigenvalue weighted by Crippen LogP contribution is 2.49. The van der Waals surface area contributed by atoms with Crippen LogP contribution in [0.4, 0.5) is 0 Å².